The predicted molar refractivity (Wildman–Crippen MR) is 96.4 cm³/mol. The Morgan fingerprint density at radius 3 is 2.43 bits per heavy atom. The van der Waals surface area contributed by atoms with Crippen molar-refractivity contribution in [3.63, 3.8) is 0 Å². The molecule has 0 bridgehead atoms. The van der Waals surface area contributed by atoms with Gasteiger partial charge in [0.2, 0.25) is 0 Å². The first-order valence-electron chi connectivity index (χ1n) is 8.63. The summed E-state index contributed by atoms with van der Waals surface area (Å²) in [4.78, 5) is 2.36. The van der Waals surface area contributed by atoms with Crippen LogP contribution in [-0.4, -0.2) is 33.8 Å². The second kappa shape index (κ2) is 8.90. The van der Waals surface area contributed by atoms with Gasteiger partial charge in [0.15, 0.2) is 0 Å². The van der Waals surface area contributed by atoms with Crippen molar-refractivity contribution in [2.75, 3.05) is 13.1 Å². The van der Waals surface area contributed by atoms with Gasteiger partial charge in [-0.15, -0.1) is 0 Å². The molecule has 1 aromatic heterocycles. The van der Waals surface area contributed by atoms with Crippen molar-refractivity contribution in [3.8, 4) is 0 Å². The van der Waals surface area contributed by atoms with Crippen LogP contribution in [0.5, 0.6) is 0 Å². The van der Waals surface area contributed by atoms with Crippen LogP contribution in [-0.2, 0) is 13.1 Å². The van der Waals surface area contributed by atoms with E-state index in [1.807, 2.05) is 6.92 Å². The van der Waals surface area contributed by atoms with Crippen LogP contribution in [0.1, 0.15) is 38.4 Å². The minimum atomic E-state index is -0.292. The normalized spacial score (nSPS) is 13.0. The molecule has 1 N–H and O–H groups in total. The van der Waals surface area contributed by atoms with Gasteiger partial charge in [-0.1, -0.05) is 44.2 Å². The molecule has 0 saturated heterocycles. The number of benzene rings is 1. The number of aliphatic hydroxyl groups excluding tert-OH is 1. The van der Waals surface area contributed by atoms with Gasteiger partial charge in [-0.3, -0.25) is 4.90 Å². The van der Waals surface area contributed by atoms with E-state index in [9.17, 15) is 5.11 Å². The van der Waals surface area contributed by atoms with E-state index in [0.717, 1.165) is 32.6 Å². The van der Waals surface area contributed by atoms with Crippen LogP contribution in [0.15, 0.2) is 48.7 Å². The number of hydrogen-bond acceptors (Lipinski definition) is 2. The van der Waals surface area contributed by atoms with Crippen LogP contribution in [0.3, 0.4) is 0 Å². The first-order valence-corrected chi connectivity index (χ1v) is 8.63. The van der Waals surface area contributed by atoms with E-state index in [2.05, 4.69) is 72.0 Å². The lowest BCUT2D eigenvalue weighted by Crippen LogP contribution is -2.32. The minimum absolute atomic E-state index is 0.292. The van der Waals surface area contributed by atoms with Gasteiger partial charge in [0, 0.05) is 31.5 Å². The van der Waals surface area contributed by atoms with Crippen LogP contribution in [0, 0.1) is 5.92 Å². The van der Waals surface area contributed by atoms with Crippen molar-refractivity contribution in [1.82, 2.24) is 9.47 Å². The van der Waals surface area contributed by atoms with Crippen LogP contribution < -0.4 is 0 Å². The highest BCUT2D eigenvalue weighted by Crippen LogP contribution is 2.12. The molecule has 0 amide bonds. The van der Waals surface area contributed by atoms with Crippen LogP contribution in [0.4, 0.5) is 0 Å². The van der Waals surface area contributed by atoms with Gasteiger partial charge in [-0.25, -0.2) is 0 Å². The largest absolute Gasteiger partial charge is 0.392 e. The third-order valence-corrected chi connectivity index (χ3v) is 4.05. The average molecular weight is 314 g/mol. The molecule has 126 valence electrons. The molecule has 0 unspecified atom stereocenters. The van der Waals surface area contributed by atoms with E-state index in [1.54, 1.807) is 0 Å². The highest BCUT2D eigenvalue weighted by Gasteiger charge is 2.12. The first kappa shape index (κ1) is 17.8. The first-order chi connectivity index (χ1) is 11.0. The second-order valence-corrected chi connectivity index (χ2v) is 6.88. The quantitative estimate of drug-likeness (QED) is 0.763. The maximum absolute atomic E-state index is 9.77. The second-order valence-electron chi connectivity index (χ2n) is 6.88. The average Bonchev–Trinajstić information content (AvgIpc) is 2.92. The summed E-state index contributed by atoms with van der Waals surface area (Å²) in [6.07, 6.45) is 3.01. The Balaban J connectivity index is 2.03. The van der Waals surface area contributed by atoms with Crippen LogP contribution >= 0.6 is 0 Å². The van der Waals surface area contributed by atoms with Crippen molar-refractivity contribution in [3.05, 3.63) is 59.9 Å². The van der Waals surface area contributed by atoms with Crippen molar-refractivity contribution in [2.24, 2.45) is 5.92 Å². The Morgan fingerprint density at radius 1 is 1.04 bits per heavy atom. The van der Waals surface area contributed by atoms with Gasteiger partial charge in [0.05, 0.1) is 6.10 Å². The Hall–Kier alpha value is -1.58. The van der Waals surface area contributed by atoms with E-state index in [0.29, 0.717) is 5.92 Å². The molecule has 2 aromatic rings. The van der Waals surface area contributed by atoms with E-state index in [-0.39, 0.29) is 6.10 Å². The van der Waals surface area contributed by atoms with Crippen molar-refractivity contribution in [1.29, 1.82) is 0 Å². The van der Waals surface area contributed by atoms with Crippen LogP contribution in [0.2, 0.25) is 0 Å². The minimum Gasteiger partial charge on any atom is -0.392 e. The standard InChI is InChI=1S/C20H30N2O/c1-17(2)11-13-21(14-18(3)23)16-20-10-7-12-22(20)15-19-8-5-4-6-9-19/h4-10,12,17-18,23H,11,13-16H2,1-3H3/t18-/m0/s1. The van der Waals surface area contributed by atoms with Crippen molar-refractivity contribution >= 4 is 0 Å². The van der Waals surface area contributed by atoms with Gasteiger partial charge in [-0.2, -0.15) is 0 Å². The fraction of sp³-hybridized carbons (Fsp3) is 0.500. The Bertz CT molecular complexity index is 560. The molecular formula is C20H30N2O. The van der Waals surface area contributed by atoms with Crippen molar-refractivity contribution < 1.29 is 5.11 Å². The lowest BCUT2D eigenvalue weighted by atomic mass is 10.1. The summed E-state index contributed by atoms with van der Waals surface area (Å²) >= 11 is 0. The van der Waals surface area contributed by atoms with E-state index in [4.69, 9.17) is 0 Å². The summed E-state index contributed by atoms with van der Waals surface area (Å²) in [5.74, 6) is 0.683. The molecule has 0 fully saturated rings. The Kier molecular flexibility index (Phi) is 6.87. The highest BCUT2D eigenvalue weighted by atomic mass is 16.3. The lowest BCUT2D eigenvalue weighted by Gasteiger charge is -2.25. The number of rotatable bonds is 9. The van der Waals surface area contributed by atoms with Crippen LogP contribution in [0.25, 0.3) is 0 Å². The molecule has 0 aliphatic rings. The number of nitrogens with zero attached hydrogens (tertiary/aromatic N) is 2. The predicted octanol–water partition coefficient (Wildman–Crippen LogP) is 3.77. The van der Waals surface area contributed by atoms with Gasteiger partial charge in [0.25, 0.3) is 0 Å². The maximum atomic E-state index is 9.77. The molecule has 0 aliphatic carbocycles. The summed E-state index contributed by atoms with van der Waals surface area (Å²) < 4.78 is 2.31. The van der Waals surface area contributed by atoms with Gasteiger partial charge >= 0.3 is 0 Å². The maximum Gasteiger partial charge on any atom is 0.0639 e. The summed E-state index contributed by atoms with van der Waals surface area (Å²) in [7, 11) is 0. The molecule has 0 aliphatic heterocycles. The fourth-order valence-electron chi connectivity index (χ4n) is 2.81. The third kappa shape index (κ3) is 6.20. The molecule has 2 rings (SSSR count). The third-order valence-electron chi connectivity index (χ3n) is 4.05. The monoisotopic (exact) mass is 314 g/mol. The van der Waals surface area contributed by atoms with Gasteiger partial charge < -0.3 is 9.67 Å². The SMILES string of the molecule is CC(C)CCN(Cc1cccn1Cc1ccccc1)C[C@H](C)O. The fourth-order valence-corrected chi connectivity index (χ4v) is 2.81. The molecule has 3 nitrogen and oxygen atoms in total. The zero-order valence-corrected chi connectivity index (χ0v) is 14.7. The number of hydrogen-bond donors (Lipinski definition) is 1. The molecule has 1 heterocycles. The lowest BCUT2D eigenvalue weighted by molar-refractivity contribution is 0.117. The molecule has 1 atom stereocenters. The molecule has 0 radical (unpaired) electrons. The number of aliphatic hydroxyl groups is 1. The zero-order valence-electron chi connectivity index (χ0n) is 14.7. The highest BCUT2D eigenvalue weighted by molar-refractivity contribution is 5.17. The Labute approximate surface area is 140 Å². The molecule has 0 saturated carbocycles. The molecule has 1 aromatic carbocycles. The molecule has 3 heteroatoms. The summed E-state index contributed by atoms with van der Waals surface area (Å²) in [6.45, 7) is 9.90. The molecule has 23 heavy (non-hydrogen) atoms. The van der Waals surface area contributed by atoms with E-state index >= 15 is 0 Å². The summed E-state index contributed by atoms with van der Waals surface area (Å²) in [5, 5.41) is 9.77. The topological polar surface area (TPSA) is 28.4 Å². The van der Waals surface area contributed by atoms with Gasteiger partial charge in [-0.05, 0) is 43.5 Å². The van der Waals surface area contributed by atoms with E-state index < -0.39 is 0 Å². The smallest absolute Gasteiger partial charge is 0.0639 e. The molecular weight excluding hydrogens is 284 g/mol. The van der Waals surface area contributed by atoms with Crippen molar-refractivity contribution in [2.45, 2.75) is 46.4 Å². The summed E-state index contributed by atoms with van der Waals surface area (Å²) in [5.41, 5.74) is 2.62. The summed E-state index contributed by atoms with van der Waals surface area (Å²) in [6, 6.07) is 14.8. The molecule has 0 spiro atoms. The van der Waals surface area contributed by atoms with Gasteiger partial charge in [0.1, 0.15) is 0 Å². The van der Waals surface area contributed by atoms with E-state index in [1.165, 1.54) is 11.3 Å². The zero-order chi connectivity index (χ0) is 16.7. The number of aromatic nitrogens is 1. The Morgan fingerprint density at radius 2 is 1.78 bits per heavy atom.